The minimum atomic E-state index is -0.0257. The summed E-state index contributed by atoms with van der Waals surface area (Å²) in [7, 11) is 1.77. The van der Waals surface area contributed by atoms with Crippen LogP contribution in [0.2, 0.25) is 0 Å². The minimum absolute atomic E-state index is 0.0257. The fourth-order valence-corrected chi connectivity index (χ4v) is 2.16. The molecule has 1 aromatic rings. The van der Waals surface area contributed by atoms with E-state index < -0.39 is 0 Å². The molecule has 0 bridgehead atoms. The number of hydrogen-bond acceptors (Lipinski definition) is 4. The van der Waals surface area contributed by atoms with Crippen molar-refractivity contribution in [2.45, 2.75) is 5.88 Å². The van der Waals surface area contributed by atoms with E-state index in [1.807, 2.05) is 0 Å². The van der Waals surface area contributed by atoms with E-state index in [0.717, 1.165) is 11.6 Å². The molecule has 2 heterocycles. The number of amides is 2. The summed E-state index contributed by atoms with van der Waals surface area (Å²) in [6.45, 7) is 1.40. The number of carbonyl (C=O) groups excluding carboxylic acids is 1. The van der Waals surface area contributed by atoms with Gasteiger partial charge in [-0.1, -0.05) is 11.3 Å². The Morgan fingerprint density at radius 1 is 1.50 bits per heavy atom. The monoisotopic (exact) mass is 232 g/mol. The normalized spacial score (nSPS) is 16.9. The third kappa shape index (κ3) is 1.55. The maximum absolute atomic E-state index is 11.6. The molecule has 1 aromatic heterocycles. The van der Waals surface area contributed by atoms with Gasteiger partial charge >= 0.3 is 6.03 Å². The lowest BCUT2D eigenvalue weighted by molar-refractivity contribution is 0.229. The summed E-state index contributed by atoms with van der Waals surface area (Å²) in [4.78, 5) is 14.8. The maximum atomic E-state index is 11.6. The van der Waals surface area contributed by atoms with Gasteiger partial charge in [0.25, 0.3) is 0 Å². The molecule has 0 atom stereocenters. The van der Waals surface area contributed by atoms with Gasteiger partial charge in [-0.2, -0.15) is 0 Å². The van der Waals surface area contributed by atoms with Crippen LogP contribution in [0.5, 0.6) is 0 Å². The van der Waals surface area contributed by atoms with Crippen LogP contribution in [0, 0.1) is 0 Å². The Balaban J connectivity index is 2.19. The number of alkyl halides is 1. The number of nitrogens with zero attached hydrogens (tertiary/aromatic N) is 4. The van der Waals surface area contributed by atoms with Crippen LogP contribution in [-0.4, -0.2) is 41.3 Å². The molecule has 1 fully saturated rings. The summed E-state index contributed by atoms with van der Waals surface area (Å²) >= 11 is 6.97. The van der Waals surface area contributed by atoms with E-state index in [1.54, 1.807) is 16.8 Å². The lowest BCUT2D eigenvalue weighted by Crippen LogP contribution is -2.29. The lowest BCUT2D eigenvalue weighted by Gasteiger charge is -2.10. The number of likely N-dealkylation sites (N-methyl/N-ethyl adjacent to an activating group) is 1. The smallest absolute Gasteiger partial charge is 0.326 e. The van der Waals surface area contributed by atoms with Crippen molar-refractivity contribution in [3.8, 4) is 0 Å². The van der Waals surface area contributed by atoms with E-state index in [1.165, 1.54) is 11.3 Å². The number of urea groups is 1. The molecular formula is C7H9ClN4OS. The molecular weight excluding hydrogens is 224 g/mol. The summed E-state index contributed by atoms with van der Waals surface area (Å²) < 4.78 is 0. The van der Waals surface area contributed by atoms with Gasteiger partial charge in [-0.05, 0) is 0 Å². The summed E-state index contributed by atoms with van der Waals surface area (Å²) in [5.41, 5.74) is 0. The van der Waals surface area contributed by atoms with E-state index in [2.05, 4.69) is 10.2 Å². The van der Waals surface area contributed by atoms with Crippen molar-refractivity contribution < 1.29 is 4.79 Å². The zero-order valence-electron chi connectivity index (χ0n) is 7.60. The average molecular weight is 233 g/mol. The van der Waals surface area contributed by atoms with Crippen LogP contribution in [0.25, 0.3) is 0 Å². The third-order valence-corrected chi connectivity index (χ3v) is 3.38. The first-order valence-corrected chi connectivity index (χ1v) is 5.48. The van der Waals surface area contributed by atoms with Gasteiger partial charge in [0.05, 0.1) is 5.88 Å². The first-order valence-electron chi connectivity index (χ1n) is 4.13. The fraction of sp³-hybridized carbons (Fsp3) is 0.571. The molecule has 1 saturated heterocycles. The van der Waals surface area contributed by atoms with Gasteiger partial charge in [0.15, 0.2) is 0 Å². The predicted molar refractivity (Wildman–Crippen MR) is 54.8 cm³/mol. The highest BCUT2D eigenvalue weighted by Crippen LogP contribution is 2.24. The number of hydrogen-bond donors (Lipinski definition) is 0. The number of anilines is 1. The summed E-state index contributed by atoms with van der Waals surface area (Å²) in [5.74, 6) is 0.343. The Morgan fingerprint density at radius 2 is 2.29 bits per heavy atom. The van der Waals surface area contributed by atoms with Crippen LogP contribution in [0.1, 0.15) is 5.01 Å². The van der Waals surface area contributed by atoms with Gasteiger partial charge in [0.1, 0.15) is 5.01 Å². The van der Waals surface area contributed by atoms with Crippen molar-refractivity contribution in [3.63, 3.8) is 0 Å². The Labute approximate surface area is 90.3 Å². The molecule has 5 nitrogen and oxygen atoms in total. The van der Waals surface area contributed by atoms with Gasteiger partial charge in [0, 0.05) is 20.1 Å². The number of rotatable bonds is 2. The van der Waals surface area contributed by atoms with Crippen LogP contribution in [0.15, 0.2) is 0 Å². The van der Waals surface area contributed by atoms with Crippen LogP contribution in [0.4, 0.5) is 9.93 Å². The zero-order valence-corrected chi connectivity index (χ0v) is 9.18. The molecule has 0 N–H and O–H groups in total. The van der Waals surface area contributed by atoms with E-state index >= 15 is 0 Å². The first kappa shape index (κ1) is 9.67. The van der Waals surface area contributed by atoms with Crippen LogP contribution in [-0.2, 0) is 5.88 Å². The fourth-order valence-electron chi connectivity index (χ4n) is 1.23. The highest BCUT2D eigenvalue weighted by Gasteiger charge is 2.28. The van der Waals surface area contributed by atoms with Gasteiger partial charge in [-0.3, -0.25) is 4.90 Å². The molecule has 0 unspecified atom stereocenters. The summed E-state index contributed by atoms with van der Waals surface area (Å²) in [6.07, 6.45) is 0. The van der Waals surface area contributed by atoms with Gasteiger partial charge < -0.3 is 4.90 Å². The Kier molecular flexibility index (Phi) is 2.56. The van der Waals surface area contributed by atoms with Gasteiger partial charge in [-0.15, -0.1) is 21.8 Å². The highest BCUT2D eigenvalue weighted by atomic mass is 35.5. The van der Waals surface area contributed by atoms with Crippen LogP contribution in [0.3, 0.4) is 0 Å². The zero-order chi connectivity index (χ0) is 10.1. The Morgan fingerprint density at radius 3 is 2.79 bits per heavy atom. The predicted octanol–water partition coefficient (Wildman–Crippen LogP) is 1.15. The second-order valence-electron chi connectivity index (χ2n) is 2.97. The molecule has 0 saturated carbocycles. The summed E-state index contributed by atoms with van der Waals surface area (Å²) in [5, 5.41) is 9.15. The number of aromatic nitrogens is 2. The quantitative estimate of drug-likeness (QED) is 0.719. The molecule has 7 heteroatoms. The average Bonchev–Trinajstić information content (AvgIpc) is 2.75. The molecule has 76 valence electrons. The highest BCUT2D eigenvalue weighted by molar-refractivity contribution is 7.15. The van der Waals surface area contributed by atoms with Gasteiger partial charge in [-0.25, -0.2) is 4.79 Å². The van der Waals surface area contributed by atoms with E-state index in [-0.39, 0.29) is 6.03 Å². The van der Waals surface area contributed by atoms with E-state index in [9.17, 15) is 4.79 Å². The van der Waals surface area contributed by atoms with Crippen LogP contribution < -0.4 is 4.90 Å². The molecule has 14 heavy (non-hydrogen) atoms. The standard InChI is InChI=1S/C7H9ClN4OS/c1-11-2-3-12(7(11)13)6-10-9-5(4-8)14-6/h2-4H2,1H3. The molecule has 1 aliphatic rings. The minimum Gasteiger partial charge on any atom is -0.326 e. The van der Waals surface area contributed by atoms with Crippen molar-refractivity contribution in [2.75, 3.05) is 25.0 Å². The van der Waals surface area contributed by atoms with Crippen molar-refractivity contribution in [1.82, 2.24) is 15.1 Å². The number of carbonyl (C=O) groups is 1. The number of halogens is 1. The Bertz CT molecular complexity index is 355. The summed E-state index contributed by atoms with van der Waals surface area (Å²) in [6, 6.07) is -0.0257. The molecule has 0 spiro atoms. The topological polar surface area (TPSA) is 49.3 Å². The largest absolute Gasteiger partial charge is 0.326 e. The second-order valence-corrected chi connectivity index (χ2v) is 4.28. The molecule has 1 aliphatic heterocycles. The van der Waals surface area contributed by atoms with Crippen molar-refractivity contribution >= 4 is 34.1 Å². The SMILES string of the molecule is CN1CCN(c2nnc(CCl)s2)C1=O. The van der Waals surface area contributed by atoms with Gasteiger partial charge in [0.2, 0.25) is 5.13 Å². The molecule has 0 aromatic carbocycles. The molecule has 2 rings (SSSR count). The van der Waals surface area contributed by atoms with Crippen LogP contribution >= 0.6 is 22.9 Å². The second kappa shape index (κ2) is 3.70. The first-order chi connectivity index (χ1) is 6.72. The maximum Gasteiger partial charge on any atom is 0.326 e. The third-order valence-electron chi connectivity index (χ3n) is 2.02. The van der Waals surface area contributed by atoms with Crippen molar-refractivity contribution in [1.29, 1.82) is 0 Å². The lowest BCUT2D eigenvalue weighted by atomic mass is 10.6. The van der Waals surface area contributed by atoms with Crippen molar-refractivity contribution in [2.24, 2.45) is 0 Å². The van der Waals surface area contributed by atoms with Crippen molar-refractivity contribution in [3.05, 3.63) is 5.01 Å². The molecule has 2 amide bonds. The molecule has 0 radical (unpaired) electrons. The molecule has 0 aliphatic carbocycles. The van der Waals surface area contributed by atoms with E-state index in [4.69, 9.17) is 11.6 Å². The Hall–Kier alpha value is -0.880. The van der Waals surface area contributed by atoms with E-state index in [0.29, 0.717) is 17.6 Å².